The van der Waals surface area contributed by atoms with Crippen molar-refractivity contribution in [3.8, 4) is 0 Å². The maximum atomic E-state index is 12.0. The lowest BCUT2D eigenvalue weighted by molar-refractivity contribution is -0.125. The monoisotopic (exact) mass is 261 g/mol. The molecule has 1 aromatic rings. The summed E-state index contributed by atoms with van der Waals surface area (Å²) in [6, 6.07) is 3.72. The zero-order valence-corrected chi connectivity index (χ0v) is 11.2. The van der Waals surface area contributed by atoms with Crippen LogP contribution in [0.5, 0.6) is 0 Å². The van der Waals surface area contributed by atoms with Gasteiger partial charge in [0.15, 0.2) is 0 Å². The summed E-state index contributed by atoms with van der Waals surface area (Å²) in [5.74, 6) is -0.0766. The molecule has 2 heterocycles. The van der Waals surface area contributed by atoms with Crippen molar-refractivity contribution in [2.75, 3.05) is 27.2 Å². The lowest BCUT2D eigenvalue weighted by Gasteiger charge is -2.21. The molecule has 19 heavy (non-hydrogen) atoms. The molecule has 1 aromatic heterocycles. The van der Waals surface area contributed by atoms with Crippen LogP contribution in [0.2, 0.25) is 0 Å². The highest BCUT2D eigenvalue weighted by molar-refractivity contribution is 5.92. The highest BCUT2D eigenvalue weighted by Gasteiger charge is 2.34. The zero-order chi connectivity index (χ0) is 13.8. The lowest BCUT2D eigenvalue weighted by atomic mass is 10.2. The summed E-state index contributed by atoms with van der Waals surface area (Å²) < 4.78 is 0. The zero-order valence-electron chi connectivity index (χ0n) is 11.2. The molecule has 5 heteroatoms. The van der Waals surface area contributed by atoms with E-state index in [0.717, 1.165) is 5.56 Å². The smallest absolute Gasteiger partial charge is 0.246 e. The number of hydrogen-bond donors (Lipinski definition) is 1. The van der Waals surface area contributed by atoms with E-state index in [-0.39, 0.29) is 11.9 Å². The first-order valence-electron chi connectivity index (χ1n) is 6.29. The standard InChI is InChI=1S/C14H19N3O2/c1-16(2)12-9-17(10-13(12)18)14(19)6-5-11-4-3-7-15-8-11/h3-8,12-13,18H,9-10H2,1-2H3/b6-5+/t12-,13-/m1/s1. The molecule has 0 aromatic carbocycles. The highest BCUT2D eigenvalue weighted by atomic mass is 16.3. The van der Waals surface area contributed by atoms with Crippen LogP contribution >= 0.6 is 0 Å². The van der Waals surface area contributed by atoms with Crippen LogP contribution < -0.4 is 0 Å². The van der Waals surface area contributed by atoms with Crippen LogP contribution in [-0.4, -0.2) is 65.1 Å². The Hall–Kier alpha value is -1.72. The normalized spacial score (nSPS) is 23.5. The Balaban J connectivity index is 1.97. The van der Waals surface area contributed by atoms with Crippen LogP contribution in [0, 0.1) is 0 Å². The van der Waals surface area contributed by atoms with E-state index < -0.39 is 6.10 Å². The first-order chi connectivity index (χ1) is 9.08. The van der Waals surface area contributed by atoms with Gasteiger partial charge in [-0.05, 0) is 31.8 Å². The summed E-state index contributed by atoms with van der Waals surface area (Å²) in [5, 5.41) is 9.89. The number of aromatic nitrogens is 1. The van der Waals surface area contributed by atoms with Gasteiger partial charge in [-0.15, -0.1) is 0 Å². The van der Waals surface area contributed by atoms with Crippen LogP contribution in [0.4, 0.5) is 0 Å². The minimum Gasteiger partial charge on any atom is -0.390 e. The maximum absolute atomic E-state index is 12.0. The Bertz CT molecular complexity index is 459. The fourth-order valence-corrected chi connectivity index (χ4v) is 2.20. The van der Waals surface area contributed by atoms with Crippen LogP contribution in [0.1, 0.15) is 5.56 Å². The van der Waals surface area contributed by atoms with E-state index in [4.69, 9.17) is 0 Å². The van der Waals surface area contributed by atoms with Crippen LogP contribution in [0.15, 0.2) is 30.6 Å². The molecule has 1 aliphatic heterocycles. The van der Waals surface area contributed by atoms with Gasteiger partial charge in [-0.1, -0.05) is 6.07 Å². The van der Waals surface area contributed by atoms with Crippen molar-refractivity contribution >= 4 is 12.0 Å². The van der Waals surface area contributed by atoms with E-state index in [2.05, 4.69) is 4.98 Å². The quantitative estimate of drug-likeness (QED) is 0.791. The number of likely N-dealkylation sites (N-methyl/N-ethyl adjacent to an activating group) is 1. The van der Waals surface area contributed by atoms with Gasteiger partial charge in [-0.3, -0.25) is 9.78 Å². The second kappa shape index (κ2) is 5.95. The van der Waals surface area contributed by atoms with Gasteiger partial charge in [0, 0.05) is 31.6 Å². The number of rotatable bonds is 3. The molecule has 102 valence electrons. The molecule has 0 aliphatic carbocycles. The van der Waals surface area contributed by atoms with Gasteiger partial charge in [0.25, 0.3) is 0 Å². The molecular weight excluding hydrogens is 242 g/mol. The van der Waals surface area contributed by atoms with Gasteiger partial charge in [0.1, 0.15) is 0 Å². The number of β-amino-alcohol motifs (C(OH)–C–C–N with tert-alkyl or cyclic N) is 1. The average Bonchev–Trinajstić information content (AvgIpc) is 2.79. The van der Waals surface area contributed by atoms with Gasteiger partial charge in [0.2, 0.25) is 5.91 Å². The van der Waals surface area contributed by atoms with Crippen LogP contribution in [0.25, 0.3) is 6.08 Å². The number of hydrogen-bond acceptors (Lipinski definition) is 4. The van der Waals surface area contributed by atoms with Crippen molar-refractivity contribution in [3.05, 3.63) is 36.2 Å². The number of amides is 1. The summed E-state index contributed by atoms with van der Waals surface area (Å²) in [7, 11) is 3.82. The van der Waals surface area contributed by atoms with E-state index in [9.17, 15) is 9.90 Å². The SMILES string of the molecule is CN(C)[C@@H]1CN(C(=O)/C=C/c2cccnc2)C[C@H]1O. The second-order valence-electron chi connectivity index (χ2n) is 4.96. The summed E-state index contributed by atoms with van der Waals surface area (Å²) in [4.78, 5) is 19.6. The Labute approximate surface area is 113 Å². The molecule has 1 N–H and O–H groups in total. The van der Waals surface area contributed by atoms with Crippen molar-refractivity contribution in [2.45, 2.75) is 12.1 Å². The molecule has 0 unspecified atom stereocenters. The Morgan fingerprint density at radius 3 is 2.89 bits per heavy atom. The molecule has 1 saturated heterocycles. The first-order valence-corrected chi connectivity index (χ1v) is 6.29. The summed E-state index contributed by atoms with van der Waals surface area (Å²) in [5.41, 5.74) is 0.889. The Morgan fingerprint density at radius 1 is 1.53 bits per heavy atom. The summed E-state index contributed by atoms with van der Waals surface area (Å²) >= 11 is 0. The molecular formula is C14H19N3O2. The second-order valence-corrected chi connectivity index (χ2v) is 4.96. The summed E-state index contributed by atoms with van der Waals surface area (Å²) in [6.07, 6.45) is 6.18. The van der Waals surface area contributed by atoms with E-state index in [1.807, 2.05) is 31.1 Å². The molecule has 0 spiro atoms. The topological polar surface area (TPSA) is 56.7 Å². The predicted octanol–water partition coefficient (Wildman–Crippen LogP) is 0.228. The van der Waals surface area contributed by atoms with E-state index in [1.54, 1.807) is 23.4 Å². The number of pyridine rings is 1. The summed E-state index contributed by atoms with van der Waals surface area (Å²) in [6.45, 7) is 0.948. The lowest BCUT2D eigenvalue weighted by Crippen LogP contribution is -2.38. The van der Waals surface area contributed by atoms with Crippen molar-refractivity contribution in [1.29, 1.82) is 0 Å². The number of carbonyl (C=O) groups excluding carboxylic acids is 1. The number of likely N-dealkylation sites (tertiary alicyclic amines) is 1. The molecule has 0 bridgehead atoms. The van der Waals surface area contributed by atoms with Crippen molar-refractivity contribution in [3.63, 3.8) is 0 Å². The molecule has 2 rings (SSSR count). The first kappa shape index (κ1) is 13.7. The number of carbonyl (C=O) groups is 1. The van der Waals surface area contributed by atoms with Gasteiger partial charge in [-0.25, -0.2) is 0 Å². The molecule has 0 saturated carbocycles. The van der Waals surface area contributed by atoms with Crippen LogP contribution in [0.3, 0.4) is 0 Å². The van der Waals surface area contributed by atoms with Gasteiger partial charge in [-0.2, -0.15) is 0 Å². The minimum absolute atomic E-state index is 0.00995. The average molecular weight is 261 g/mol. The van der Waals surface area contributed by atoms with E-state index in [0.29, 0.717) is 13.1 Å². The van der Waals surface area contributed by atoms with Crippen LogP contribution in [-0.2, 0) is 4.79 Å². The number of nitrogens with zero attached hydrogens (tertiary/aromatic N) is 3. The predicted molar refractivity (Wildman–Crippen MR) is 73.3 cm³/mol. The van der Waals surface area contributed by atoms with E-state index in [1.165, 1.54) is 6.08 Å². The highest BCUT2D eigenvalue weighted by Crippen LogP contribution is 2.14. The third-order valence-corrected chi connectivity index (χ3v) is 3.34. The number of aliphatic hydroxyl groups excluding tert-OH is 1. The molecule has 2 atom stereocenters. The molecule has 5 nitrogen and oxygen atoms in total. The molecule has 1 amide bonds. The fourth-order valence-electron chi connectivity index (χ4n) is 2.20. The number of aliphatic hydroxyl groups is 1. The third kappa shape index (κ3) is 3.39. The molecule has 0 radical (unpaired) electrons. The van der Waals surface area contributed by atoms with Crippen molar-refractivity contribution < 1.29 is 9.90 Å². The van der Waals surface area contributed by atoms with Gasteiger partial charge >= 0.3 is 0 Å². The van der Waals surface area contributed by atoms with Crippen molar-refractivity contribution in [1.82, 2.24) is 14.8 Å². The molecule has 1 aliphatic rings. The largest absolute Gasteiger partial charge is 0.390 e. The molecule has 1 fully saturated rings. The third-order valence-electron chi connectivity index (χ3n) is 3.34. The van der Waals surface area contributed by atoms with Gasteiger partial charge in [0.05, 0.1) is 12.1 Å². The van der Waals surface area contributed by atoms with Gasteiger partial charge < -0.3 is 14.9 Å². The Morgan fingerprint density at radius 2 is 2.32 bits per heavy atom. The minimum atomic E-state index is -0.481. The maximum Gasteiger partial charge on any atom is 0.246 e. The van der Waals surface area contributed by atoms with Crippen molar-refractivity contribution in [2.24, 2.45) is 0 Å². The van der Waals surface area contributed by atoms with E-state index >= 15 is 0 Å². The fraction of sp³-hybridized carbons (Fsp3) is 0.429. The Kier molecular flexibility index (Phi) is 4.29.